The Morgan fingerprint density at radius 1 is 0.341 bits per heavy atom. The van der Waals surface area contributed by atoms with E-state index in [2.05, 4.69) is 148 Å². The SMILES string of the molecule is CC/C=C\C/C=C\C/C=C\C/C=C\C/C=C\C/C=C\C/C=C\C/C=C\CCCCCCCCCCCCCCC(=O)OC(COC(=O)CCCCCCCCCCCCCCCCCCCC/C=C\C/C=C\C/C=C\CCCCCCC)COP(=O)(O)OCCN. The number of carbonyl (C=O) groups excluding carboxylic acids is 2. The van der Waals surface area contributed by atoms with Crippen LogP contribution in [0.25, 0.3) is 0 Å². The molecule has 91 heavy (non-hydrogen) atoms. The third-order valence-electron chi connectivity index (χ3n) is 16.0. The van der Waals surface area contributed by atoms with Gasteiger partial charge < -0.3 is 20.1 Å². The number of esters is 2. The lowest BCUT2D eigenvalue weighted by molar-refractivity contribution is -0.161. The van der Waals surface area contributed by atoms with Crippen molar-refractivity contribution < 1.29 is 37.6 Å². The lowest BCUT2D eigenvalue weighted by atomic mass is 10.0. The molecular formula is C81H140NO8P. The molecule has 0 heterocycles. The van der Waals surface area contributed by atoms with Gasteiger partial charge in [-0.25, -0.2) is 4.57 Å². The number of phosphoric ester groups is 1. The predicted octanol–water partition coefficient (Wildman–Crippen LogP) is 25.2. The summed E-state index contributed by atoms with van der Waals surface area (Å²) in [6, 6.07) is 0. The molecular weight excluding hydrogens is 1150 g/mol. The first-order chi connectivity index (χ1) is 44.8. The second-order valence-corrected chi connectivity index (χ2v) is 26.2. The molecule has 0 amide bonds. The zero-order valence-electron chi connectivity index (χ0n) is 58.8. The largest absolute Gasteiger partial charge is 0.472 e. The highest BCUT2D eigenvalue weighted by molar-refractivity contribution is 7.47. The van der Waals surface area contributed by atoms with Crippen LogP contribution in [0.1, 0.15) is 335 Å². The summed E-state index contributed by atoms with van der Waals surface area (Å²) in [5.41, 5.74) is 5.41. The summed E-state index contributed by atoms with van der Waals surface area (Å²) in [5, 5.41) is 0. The highest BCUT2D eigenvalue weighted by Crippen LogP contribution is 2.43. The Morgan fingerprint density at radius 3 is 0.901 bits per heavy atom. The van der Waals surface area contributed by atoms with Gasteiger partial charge in [-0.05, 0) is 116 Å². The van der Waals surface area contributed by atoms with Crippen LogP contribution < -0.4 is 5.73 Å². The van der Waals surface area contributed by atoms with Crippen molar-refractivity contribution in [2.75, 3.05) is 26.4 Å². The minimum Gasteiger partial charge on any atom is -0.462 e. The average Bonchev–Trinajstić information content (AvgIpc) is 3.74. The van der Waals surface area contributed by atoms with Gasteiger partial charge in [-0.15, -0.1) is 0 Å². The molecule has 0 aromatic carbocycles. The quantitative estimate of drug-likeness (QED) is 0.0264. The van der Waals surface area contributed by atoms with Crippen molar-refractivity contribution in [1.82, 2.24) is 0 Å². The van der Waals surface area contributed by atoms with Crippen LogP contribution in [0.3, 0.4) is 0 Å². The van der Waals surface area contributed by atoms with Gasteiger partial charge in [-0.3, -0.25) is 18.6 Å². The van der Waals surface area contributed by atoms with Crippen molar-refractivity contribution in [3.8, 4) is 0 Å². The lowest BCUT2D eigenvalue weighted by Gasteiger charge is -2.19. The van der Waals surface area contributed by atoms with E-state index in [1.165, 1.54) is 199 Å². The molecule has 0 aliphatic carbocycles. The number of rotatable bonds is 70. The molecule has 0 saturated heterocycles. The van der Waals surface area contributed by atoms with Gasteiger partial charge in [-0.2, -0.15) is 0 Å². The number of carbonyl (C=O) groups is 2. The van der Waals surface area contributed by atoms with Gasteiger partial charge in [0.1, 0.15) is 6.61 Å². The van der Waals surface area contributed by atoms with Crippen LogP contribution in [0, 0.1) is 0 Å². The van der Waals surface area contributed by atoms with E-state index < -0.39 is 26.5 Å². The Morgan fingerprint density at radius 2 is 0.604 bits per heavy atom. The molecule has 0 aromatic heterocycles. The molecule has 522 valence electrons. The van der Waals surface area contributed by atoms with E-state index in [0.29, 0.717) is 6.42 Å². The van der Waals surface area contributed by atoms with Crippen molar-refractivity contribution in [3.63, 3.8) is 0 Å². The molecule has 0 saturated carbocycles. The molecule has 10 heteroatoms. The minimum absolute atomic E-state index is 0.0490. The lowest BCUT2D eigenvalue weighted by Crippen LogP contribution is -2.29. The molecule has 2 atom stereocenters. The van der Waals surface area contributed by atoms with Crippen LogP contribution in [0.5, 0.6) is 0 Å². The zero-order valence-corrected chi connectivity index (χ0v) is 59.7. The minimum atomic E-state index is -4.40. The maximum absolute atomic E-state index is 12.8. The third kappa shape index (κ3) is 75.1. The molecule has 0 radical (unpaired) electrons. The second-order valence-electron chi connectivity index (χ2n) is 24.8. The summed E-state index contributed by atoms with van der Waals surface area (Å²) in [4.78, 5) is 35.4. The van der Waals surface area contributed by atoms with Crippen molar-refractivity contribution in [1.29, 1.82) is 0 Å². The maximum Gasteiger partial charge on any atom is 0.472 e. The Balaban J connectivity index is 3.88. The van der Waals surface area contributed by atoms with Gasteiger partial charge in [0, 0.05) is 19.4 Å². The van der Waals surface area contributed by atoms with Crippen LogP contribution in [-0.2, 0) is 32.7 Å². The number of hydrogen-bond donors (Lipinski definition) is 2. The van der Waals surface area contributed by atoms with Crippen molar-refractivity contribution in [2.45, 2.75) is 341 Å². The van der Waals surface area contributed by atoms with Gasteiger partial charge in [0.2, 0.25) is 0 Å². The molecule has 0 aliphatic rings. The number of ether oxygens (including phenoxy) is 2. The van der Waals surface area contributed by atoms with E-state index in [-0.39, 0.29) is 38.6 Å². The van der Waals surface area contributed by atoms with Crippen LogP contribution in [0.2, 0.25) is 0 Å². The summed E-state index contributed by atoms with van der Waals surface area (Å²) in [5.74, 6) is -0.824. The number of unbranched alkanes of at least 4 members (excludes halogenated alkanes) is 35. The number of nitrogens with two attached hydrogens (primary N) is 1. The molecule has 0 aromatic rings. The highest BCUT2D eigenvalue weighted by atomic mass is 31.2. The number of hydrogen-bond acceptors (Lipinski definition) is 8. The first kappa shape index (κ1) is 87.2. The van der Waals surface area contributed by atoms with Crippen LogP contribution >= 0.6 is 7.82 Å². The molecule has 2 unspecified atom stereocenters. The van der Waals surface area contributed by atoms with E-state index in [4.69, 9.17) is 24.3 Å². The molecule has 0 rings (SSSR count). The fourth-order valence-corrected chi connectivity index (χ4v) is 11.3. The van der Waals surface area contributed by atoms with Crippen LogP contribution in [0.4, 0.5) is 0 Å². The van der Waals surface area contributed by atoms with Gasteiger partial charge in [0.25, 0.3) is 0 Å². The molecule has 3 N–H and O–H groups in total. The zero-order chi connectivity index (χ0) is 65.8. The maximum atomic E-state index is 12.8. The molecule has 0 fully saturated rings. The summed E-state index contributed by atoms with van der Waals surface area (Å²) in [6.45, 7) is 3.64. The summed E-state index contributed by atoms with van der Waals surface area (Å²) in [6.07, 6.45) is 107. The van der Waals surface area contributed by atoms with Gasteiger partial charge >= 0.3 is 19.8 Å². The smallest absolute Gasteiger partial charge is 0.462 e. The Kier molecular flexibility index (Phi) is 72.0. The van der Waals surface area contributed by atoms with Crippen molar-refractivity contribution in [2.24, 2.45) is 5.73 Å². The van der Waals surface area contributed by atoms with Gasteiger partial charge in [0.05, 0.1) is 13.2 Å². The van der Waals surface area contributed by atoms with E-state index in [9.17, 15) is 19.0 Å². The summed E-state index contributed by atoms with van der Waals surface area (Å²) >= 11 is 0. The van der Waals surface area contributed by atoms with E-state index in [1.54, 1.807) is 0 Å². The van der Waals surface area contributed by atoms with Gasteiger partial charge in [0.15, 0.2) is 6.10 Å². The highest BCUT2D eigenvalue weighted by Gasteiger charge is 2.26. The summed E-state index contributed by atoms with van der Waals surface area (Å²) < 4.78 is 33.2. The van der Waals surface area contributed by atoms with Gasteiger partial charge in [-0.1, -0.05) is 340 Å². The van der Waals surface area contributed by atoms with Crippen molar-refractivity contribution in [3.05, 3.63) is 134 Å². The monoisotopic (exact) mass is 1290 g/mol. The molecule has 0 aliphatic heterocycles. The third-order valence-corrected chi connectivity index (χ3v) is 17.0. The topological polar surface area (TPSA) is 134 Å². The van der Waals surface area contributed by atoms with E-state index in [0.717, 1.165) is 103 Å². The van der Waals surface area contributed by atoms with E-state index in [1.807, 2.05) is 0 Å². The normalized spacial score (nSPS) is 13.7. The molecule has 0 bridgehead atoms. The van der Waals surface area contributed by atoms with Crippen LogP contribution in [0.15, 0.2) is 134 Å². The fraction of sp³-hybridized carbons (Fsp3) is 0.704. The molecule has 9 nitrogen and oxygen atoms in total. The Bertz CT molecular complexity index is 1960. The number of allylic oxidation sites excluding steroid dienone is 22. The van der Waals surface area contributed by atoms with Crippen LogP contribution in [-0.4, -0.2) is 49.3 Å². The molecule has 0 spiro atoms. The first-order valence-corrected chi connectivity index (χ1v) is 39.2. The van der Waals surface area contributed by atoms with Crippen molar-refractivity contribution >= 4 is 19.8 Å². The standard InChI is InChI=1S/C81H140NO8P/c1-3-5-7-9-11-13-15-17-19-21-23-25-27-29-31-33-35-37-38-39-40-42-44-46-48-50-52-54-56-58-60-62-64-66-68-70-72-74-81(84)90-79(78-89-91(85,86)88-76-75-82)77-87-80(83)73-71-69-67-65-63-61-59-57-55-53-51-49-47-45-43-41-36-34-32-30-28-26-24-22-20-18-16-14-12-10-8-6-4-2/h5,7,11,13,16-19,22-25,28-31,35,37,39-40,44,46,79H,3-4,6,8-10,12,14-15,20-21,26-27,32-34,36,38,41-43,45,47-78,82H2,1-2H3,(H,85,86)/b7-5-,13-11-,18-16-,19-17-,24-22-,25-23-,30-28-,31-29-,37-35-,40-39-,46-44-. The Hall–Kier alpha value is -3.85. The fourth-order valence-electron chi connectivity index (χ4n) is 10.5. The predicted molar refractivity (Wildman–Crippen MR) is 394 cm³/mol. The average molecular weight is 1290 g/mol. The Labute approximate surface area is 561 Å². The number of phosphoric acid groups is 1. The summed E-state index contributed by atoms with van der Waals surface area (Å²) in [7, 11) is -4.40. The van der Waals surface area contributed by atoms with E-state index >= 15 is 0 Å². The first-order valence-electron chi connectivity index (χ1n) is 37.7. The second kappa shape index (κ2) is 75.2.